The monoisotopic (exact) mass is 360 g/mol. The molecule has 2 saturated heterocycles. The minimum Gasteiger partial charge on any atom is -0.495 e. The van der Waals surface area contributed by atoms with Crippen molar-refractivity contribution in [2.45, 2.75) is 50.1 Å². The molecule has 0 radical (unpaired) electrons. The minimum atomic E-state index is -3.54. The lowest BCUT2D eigenvalue weighted by atomic mass is 10.1. The first-order chi connectivity index (χ1) is 10.4. The first-order valence-electron chi connectivity index (χ1n) is 7.84. The second-order valence-corrected chi connectivity index (χ2v) is 8.11. The van der Waals surface area contributed by atoms with Gasteiger partial charge < -0.3 is 10.1 Å². The van der Waals surface area contributed by atoms with Gasteiger partial charge in [0, 0.05) is 18.6 Å². The maximum Gasteiger partial charge on any atom is 0.247 e. The summed E-state index contributed by atoms with van der Waals surface area (Å²) in [6.45, 7) is 5.42. The number of nitrogens with one attached hydrogen (secondary N) is 1. The van der Waals surface area contributed by atoms with E-state index in [-0.39, 0.29) is 24.5 Å². The van der Waals surface area contributed by atoms with E-state index in [0.29, 0.717) is 10.6 Å². The van der Waals surface area contributed by atoms with Gasteiger partial charge in [0.15, 0.2) is 0 Å². The fourth-order valence-electron chi connectivity index (χ4n) is 3.83. The highest BCUT2D eigenvalue weighted by atomic mass is 35.5. The molecule has 2 aliphatic heterocycles. The predicted octanol–water partition coefficient (Wildman–Crippen LogP) is 2.25. The number of benzene rings is 1. The van der Waals surface area contributed by atoms with E-state index in [9.17, 15) is 8.42 Å². The largest absolute Gasteiger partial charge is 0.495 e. The number of nitrogens with zero attached hydrogens (tertiary/aromatic N) is 1. The number of methoxy groups -OCH3 is 1. The summed E-state index contributed by atoms with van der Waals surface area (Å²) in [6.07, 6.45) is 2.77. The van der Waals surface area contributed by atoms with Crippen LogP contribution >= 0.6 is 12.4 Å². The zero-order valence-corrected chi connectivity index (χ0v) is 15.5. The highest BCUT2D eigenvalue weighted by Crippen LogP contribution is 2.38. The summed E-state index contributed by atoms with van der Waals surface area (Å²) < 4.78 is 33.8. The quantitative estimate of drug-likeness (QED) is 0.898. The first-order valence-corrected chi connectivity index (χ1v) is 9.28. The minimum absolute atomic E-state index is 0. The summed E-state index contributed by atoms with van der Waals surface area (Å²) in [5, 5.41) is 3.35. The third-order valence-corrected chi connectivity index (χ3v) is 6.92. The van der Waals surface area contributed by atoms with Crippen molar-refractivity contribution in [2.75, 3.05) is 20.2 Å². The molecule has 0 aliphatic carbocycles. The van der Waals surface area contributed by atoms with Gasteiger partial charge in [0.05, 0.1) is 7.11 Å². The summed E-state index contributed by atoms with van der Waals surface area (Å²) >= 11 is 0. The Morgan fingerprint density at radius 2 is 1.87 bits per heavy atom. The molecule has 2 atom stereocenters. The molecular formula is C16H25ClN2O3S. The molecule has 1 N–H and O–H groups in total. The zero-order valence-electron chi connectivity index (χ0n) is 13.8. The molecule has 7 heteroatoms. The molecule has 2 unspecified atom stereocenters. The number of fused-ring (bicyclic) bond motifs is 2. The van der Waals surface area contributed by atoms with Gasteiger partial charge in [-0.1, -0.05) is 6.07 Å². The number of sulfonamides is 1. The molecule has 2 heterocycles. The van der Waals surface area contributed by atoms with Crippen LogP contribution in [0.4, 0.5) is 0 Å². The van der Waals surface area contributed by atoms with Crippen LogP contribution in [0.1, 0.15) is 30.4 Å². The molecule has 0 saturated carbocycles. The Morgan fingerprint density at radius 3 is 2.57 bits per heavy atom. The molecule has 1 aromatic rings. The number of hydrogen-bond donors (Lipinski definition) is 1. The molecule has 2 aliphatic rings. The number of rotatable bonds is 3. The second kappa shape index (κ2) is 6.97. The first kappa shape index (κ1) is 18.5. The predicted molar refractivity (Wildman–Crippen MR) is 93.0 cm³/mol. The van der Waals surface area contributed by atoms with Crippen LogP contribution < -0.4 is 10.1 Å². The van der Waals surface area contributed by atoms with Gasteiger partial charge in [0.25, 0.3) is 0 Å². The highest BCUT2D eigenvalue weighted by Gasteiger charge is 2.44. The SMILES string of the molecule is COc1cc(C)cc(C)c1S(=O)(=O)N1C2CCNCC1CC2.Cl. The molecule has 23 heavy (non-hydrogen) atoms. The average Bonchev–Trinajstić information content (AvgIpc) is 2.71. The van der Waals surface area contributed by atoms with Crippen molar-refractivity contribution in [3.63, 3.8) is 0 Å². The van der Waals surface area contributed by atoms with Crippen molar-refractivity contribution in [3.05, 3.63) is 23.3 Å². The van der Waals surface area contributed by atoms with E-state index >= 15 is 0 Å². The Morgan fingerprint density at radius 1 is 1.17 bits per heavy atom. The highest BCUT2D eigenvalue weighted by molar-refractivity contribution is 7.89. The van der Waals surface area contributed by atoms with Gasteiger partial charge in [-0.25, -0.2) is 8.42 Å². The lowest BCUT2D eigenvalue weighted by molar-refractivity contribution is 0.330. The maximum absolute atomic E-state index is 13.3. The Balaban J connectivity index is 0.00000192. The standard InChI is InChI=1S/C16H24N2O3S.ClH/c1-11-8-12(2)16(15(9-11)21-3)22(19,20)18-13-4-5-14(18)10-17-7-6-13;/h8-9,13-14,17H,4-7,10H2,1-3H3;1H. The van der Waals surface area contributed by atoms with Crippen LogP contribution in [-0.4, -0.2) is 45.0 Å². The van der Waals surface area contributed by atoms with E-state index in [4.69, 9.17) is 4.74 Å². The van der Waals surface area contributed by atoms with Crippen molar-refractivity contribution < 1.29 is 13.2 Å². The summed E-state index contributed by atoms with van der Waals surface area (Å²) in [5.41, 5.74) is 1.77. The number of hydrogen-bond acceptors (Lipinski definition) is 4. The Kier molecular flexibility index (Phi) is 5.61. The summed E-state index contributed by atoms with van der Waals surface area (Å²) in [6, 6.07) is 3.88. The third-order valence-electron chi connectivity index (χ3n) is 4.73. The molecule has 3 rings (SSSR count). The Bertz CT molecular complexity index is 664. The van der Waals surface area contributed by atoms with Gasteiger partial charge in [-0.3, -0.25) is 0 Å². The molecule has 1 aromatic carbocycles. The van der Waals surface area contributed by atoms with Gasteiger partial charge in [-0.15, -0.1) is 12.4 Å². The van der Waals surface area contributed by atoms with Gasteiger partial charge >= 0.3 is 0 Å². The van der Waals surface area contributed by atoms with E-state index in [1.54, 1.807) is 10.4 Å². The van der Waals surface area contributed by atoms with E-state index in [1.807, 2.05) is 19.9 Å². The normalized spacial score (nSPS) is 24.8. The topological polar surface area (TPSA) is 58.6 Å². The Labute approximate surface area is 144 Å². The fraction of sp³-hybridized carbons (Fsp3) is 0.625. The van der Waals surface area contributed by atoms with Gasteiger partial charge in [-0.05, 0) is 56.8 Å². The molecule has 2 bridgehead atoms. The van der Waals surface area contributed by atoms with Crippen LogP contribution in [0.25, 0.3) is 0 Å². The number of ether oxygens (including phenoxy) is 1. The van der Waals surface area contributed by atoms with Crippen molar-refractivity contribution in [1.82, 2.24) is 9.62 Å². The van der Waals surface area contributed by atoms with E-state index < -0.39 is 10.0 Å². The van der Waals surface area contributed by atoms with Crippen molar-refractivity contribution >= 4 is 22.4 Å². The fourth-order valence-corrected chi connectivity index (χ4v) is 6.08. The van der Waals surface area contributed by atoms with Crippen LogP contribution in [0, 0.1) is 13.8 Å². The van der Waals surface area contributed by atoms with E-state index in [0.717, 1.165) is 43.5 Å². The van der Waals surface area contributed by atoms with Crippen molar-refractivity contribution in [1.29, 1.82) is 0 Å². The summed E-state index contributed by atoms with van der Waals surface area (Å²) in [5.74, 6) is 0.453. The Hall–Kier alpha value is -0.820. The smallest absolute Gasteiger partial charge is 0.247 e. The van der Waals surface area contributed by atoms with E-state index in [2.05, 4.69) is 5.32 Å². The van der Waals surface area contributed by atoms with Crippen LogP contribution in [0.3, 0.4) is 0 Å². The molecule has 2 fully saturated rings. The second-order valence-electron chi connectivity index (χ2n) is 6.33. The molecule has 0 aromatic heterocycles. The summed E-state index contributed by atoms with van der Waals surface area (Å²) in [4.78, 5) is 0.333. The van der Waals surface area contributed by atoms with Gasteiger partial charge in [-0.2, -0.15) is 4.31 Å². The molecular weight excluding hydrogens is 336 g/mol. The zero-order chi connectivity index (χ0) is 15.9. The molecule has 130 valence electrons. The maximum atomic E-state index is 13.3. The molecule has 0 spiro atoms. The lowest BCUT2D eigenvalue weighted by Gasteiger charge is -2.28. The van der Waals surface area contributed by atoms with Gasteiger partial charge in [0.2, 0.25) is 10.0 Å². The average molecular weight is 361 g/mol. The lowest BCUT2D eigenvalue weighted by Crippen LogP contribution is -2.42. The van der Waals surface area contributed by atoms with Crippen LogP contribution in [-0.2, 0) is 10.0 Å². The molecule has 5 nitrogen and oxygen atoms in total. The summed E-state index contributed by atoms with van der Waals surface area (Å²) in [7, 11) is -2.01. The van der Waals surface area contributed by atoms with Crippen LogP contribution in [0.2, 0.25) is 0 Å². The van der Waals surface area contributed by atoms with E-state index in [1.165, 1.54) is 7.11 Å². The number of aryl methyl sites for hydroxylation is 2. The van der Waals surface area contributed by atoms with Crippen molar-refractivity contribution in [2.24, 2.45) is 0 Å². The third kappa shape index (κ3) is 3.22. The van der Waals surface area contributed by atoms with Gasteiger partial charge in [0.1, 0.15) is 10.6 Å². The van der Waals surface area contributed by atoms with Crippen molar-refractivity contribution in [3.8, 4) is 5.75 Å². The van der Waals surface area contributed by atoms with Crippen LogP contribution in [0.15, 0.2) is 17.0 Å². The van der Waals surface area contributed by atoms with Crippen LogP contribution in [0.5, 0.6) is 5.75 Å². The number of halogens is 1. The molecule has 0 amide bonds.